The van der Waals surface area contributed by atoms with Gasteiger partial charge in [-0.2, -0.15) is 0 Å². The Balaban J connectivity index is 1.49. The molecule has 1 heterocycles. The molecule has 0 radical (unpaired) electrons. The van der Waals surface area contributed by atoms with Gasteiger partial charge in [-0.3, -0.25) is 9.69 Å². The number of benzene rings is 1. The second-order valence-corrected chi connectivity index (χ2v) is 7.36. The highest BCUT2D eigenvalue weighted by atomic mass is 16.1. The predicted molar refractivity (Wildman–Crippen MR) is 96.9 cm³/mol. The van der Waals surface area contributed by atoms with Crippen LogP contribution in [0.5, 0.6) is 0 Å². The molecule has 2 fully saturated rings. The Labute approximate surface area is 145 Å². The number of amides is 1. The molecule has 3 N–H and O–H groups in total. The topological polar surface area (TPSA) is 61.6 Å². The second-order valence-electron chi connectivity index (χ2n) is 7.36. The first kappa shape index (κ1) is 17.4. The number of carbonyl (C=O) groups is 1. The Morgan fingerprint density at radius 3 is 2.33 bits per heavy atom. The maximum Gasteiger partial charge on any atom is 0.251 e. The van der Waals surface area contributed by atoms with Gasteiger partial charge < -0.3 is 16.0 Å². The molecule has 1 saturated carbocycles. The van der Waals surface area contributed by atoms with Gasteiger partial charge in [0.2, 0.25) is 0 Å². The number of piperazine rings is 1. The number of nitrogens with two attached hydrogens (primary N) is 1. The molecule has 1 aliphatic heterocycles. The van der Waals surface area contributed by atoms with Crippen LogP contribution in [0.1, 0.15) is 41.6 Å². The van der Waals surface area contributed by atoms with Crippen molar-refractivity contribution < 1.29 is 4.79 Å². The third kappa shape index (κ3) is 4.79. The van der Waals surface area contributed by atoms with Crippen molar-refractivity contribution in [1.82, 2.24) is 15.1 Å². The molecule has 1 aliphatic carbocycles. The molecule has 0 bridgehead atoms. The van der Waals surface area contributed by atoms with E-state index in [9.17, 15) is 4.79 Å². The summed E-state index contributed by atoms with van der Waals surface area (Å²) in [4.78, 5) is 17.2. The summed E-state index contributed by atoms with van der Waals surface area (Å²) in [6, 6.07) is 8.67. The van der Waals surface area contributed by atoms with Crippen molar-refractivity contribution in [2.45, 2.75) is 44.3 Å². The van der Waals surface area contributed by atoms with E-state index in [4.69, 9.17) is 5.73 Å². The van der Waals surface area contributed by atoms with Crippen molar-refractivity contribution >= 4 is 5.91 Å². The number of likely N-dealkylation sites (N-methyl/N-ethyl adjacent to an activating group) is 1. The van der Waals surface area contributed by atoms with Gasteiger partial charge in [0.1, 0.15) is 0 Å². The highest BCUT2D eigenvalue weighted by Gasteiger charge is 2.20. The summed E-state index contributed by atoms with van der Waals surface area (Å²) >= 11 is 0. The van der Waals surface area contributed by atoms with Crippen LogP contribution in [0.4, 0.5) is 0 Å². The third-order valence-corrected chi connectivity index (χ3v) is 5.33. The zero-order valence-electron chi connectivity index (χ0n) is 14.7. The monoisotopic (exact) mass is 330 g/mol. The van der Waals surface area contributed by atoms with Gasteiger partial charge in [-0.1, -0.05) is 12.1 Å². The molecule has 0 unspecified atom stereocenters. The minimum atomic E-state index is 0.0432. The van der Waals surface area contributed by atoms with Crippen LogP contribution >= 0.6 is 0 Å². The van der Waals surface area contributed by atoms with Crippen molar-refractivity contribution in [3.8, 4) is 0 Å². The van der Waals surface area contributed by atoms with Gasteiger partial charge in [-0.15, -0.1) is 0 Å². The Hall–Kier alpha value is -1.43. The smallest absolute Gasteiger partial charge is 0.251 e. The fraction of sp³-hybridized carbons (Fsp3) is 0.632. The van der Waals surface area contributed by atoms with Crippen LogP contribution in [0.25, 0.3) is 0 Å². The lowest BCUT2D eigenvalue weighted by Crippen LogP contribution is -2.43. The first-order chi connectivity index (χ1) is 11.6. The standard InChI is InChI=1S/C19H30N4O/c1-22-10-12-23(13-11-22)14-15-2-4-16(5-3-15)19(24)21-18-8-6-17(20)7-9-18/h2-5,17-18H,6-14,20H2,1H3,(H,21,24). The van der Waals surface area contributed by atoms with Crippen LogP contribution in [0.2, 0.25) is 0 Å². The third-order valence-electron chi connectivity index (χ3n) is 5.33. The maximum absolute atomic E-state index is 12.4. The highest BCUT2D eigenvalue weighted by molar-refractivity contribution is 5.94. The first-order valence-electron chi connectivity index (χ1n) is 9.16. The largest absolute Gasteiger partial charge is 0.349 e. The number of nitrogens with zero attached hydrogens (tertiary/aromatic N) is 2. The average Bonchev–Trinajstić information content (AvgIpc) is 2.59. The van der Waals surface area contributed by atoms with E-state index < -0.39 is 0 Å². The molecule has 1 amide bonds. The Bertz CT molecular complexity index is 529. The van der Waals surface area contributed by atoms with Crippen LogP contribution in [0.3, 0.4) is 0 Å². The van der Waals surface area contributed by atoms with Gasteiger partial charge in [0.25, 0.3) is 5.91 Å². The van der Waals surface area contributed by atoms with Gasteiger partial charge in [-0.25, -0.2) is 0 Å². The Morgan fingerprint density at radius 2 is 1.71 bits per heavy atom. The fourth-order valence-electron chi connectivity index (χ4n) is 3.56. The number of hydrogen-bond acceptors (Lipinski definition) is 4. The second kappa shape index (κ2) is 8.10. The molecule has 5 nitrogen and oxygen atoms in total. The summed E-state index contributed by atoms with van der Waals surface area (Å²) in [5, 5.41) is 3.15. The molecular weight excluding hydrogens is 300 g/mol. The molecule has 1 aromatic carbocycles. The minimum absolute atomic E-state index is 0.0432. The summed E-state index contributed by atoms with van der Waals surface area (Å²) in [6.07, 6.45) is 4.01. The first-order valence-corrected chi connectivity index (χ1v) is 9.16. The van der Waals surface area contributed by atoms with Crippen LogP contribution in [0, 0.1) is 0 Å². The SMILES string of the molecule is CN1CCN(Cc2ccc(C(=O)NC3CCC(N)CC3)cc2)CC1. The summed E-state index contributed by atoms with van der Waals surface area (Å²) in [6.45, 7) is 5.46. The number of rotatable bonds is 4. The van der Waals surface area contributed by atoms with E-state index in [1.54, 1.807) is 0 Å². The summed E-state index contributed by atoms with van der Waals surface area (Å²) in [7, 11) is 2.17. The van der Waals surface area contributed by atoms with E-state index in [0.717, 1.165) is 64.0 Å². The maximum atomic E-state index is 12.4. The van der Waals surface area contributed by atoms with Crippen molar-refractivity contribution in [3.63, 3.8) is 0 Å². The minimum Gasteiger partial charge on any atom is -0.349 e. The molecule has 5 heteroatoms. The molecule has 0 spiro atoms. The lowest BCUT2D eigenvalue weighted by molar-refractivity contribution is 0.0926. The lowest BCUT2D eigenvalue weighted by atomic mass is 9.91. The van der Waals surface area contributed by atoms with Gasteiger partial charge in [0.05, 0.1) is 0 Å². The zero-order chi connectivity index (χ0) is 16.9. The van der Waals surface area contributed by atoms with E-state index in [2.05, 4.69) is 34.3 Å². The summed E-state index contributed by atoms with van der Waals surface area (Å²) in [5.41, 5.74) is 7.95. The van der Waals surface area contributed by atoms with Crippen LogP contribution in [0.15, 0.2) is 24.3 Å². The predicted octanol–water partition coefficient (Wildman–Crippen LogP) is 1.43. The average molecular weight is 330 g/mol. The number of nitrogens with one attached hydrogen (secondary N) is 1. The van der Waals surface area contributed by atoms with Crippen LogP contribution < -0.4 is 11.1 Å². The van der Waals surface area contributed by atoms with E-state index in [1.807, 2.05) is 12.1 Å². The van der Waals surface area contributed by atoms with Gasteiger partial charge in [0.15, 0.2) is 0 Å². The molecule has 1 aromatic rings. The fourth-order valence-corrected chi connectivity index (χ4v) is 3.56. The number of hydrogen-bond donors (Lipinski definition) is 2. The van der Waals surface area contributed by atoms with Gasteiger partial charge in [0, 0.05) is 50.4 Å². The van der Waals surface area contributed by atoms with E-state index in [0.29, 0.717) is 6.04 Å². The van der Waals surface area contributed by atoms with Gasteiger partial charge in [-0.05, 0) is 50.4 Å². The van der Waals surface area contributed by atoms with Crippen molar-refractivity contribution in [2.24, 2.45) is 5.73 Å². The summed E-state index contributed by atoms with van der Waals surface area (Å²) in [5.74, 6) is 0.0432. The zero-order valence-corrected chi connectivity index (χ0v) is 14.7. The molecule has 132 valence electrons. The van der Waals surface area contributed by atoms with Crippen molar-refractivity contribution in [1.29, 1.82) is 0 Å². The quantitative estimate of drug-likeness (QED) is 0.877. The van der Waals surface area contributed by atoms with Crippen molar-refractivity contribution in [3.05, 3.63) is 35.4 Å². The Kier molecular flexibility index (Phi) is 5.87. The van der Waals surface area contributed by atoms with E-state index in [1.165, 1.54) is 5.56 Å². The molecule has 0 atom stereocenters. The van der Waals surface area contributed by atoms with Crippen LogP contribution in [-0.4, -0.2) is 61.0 Å². The lowest BCUT2D eigenvalue weighted by Gasteiger charge is -2.32. The van der Waals surface area contributed by atoms with E-state index in [-0.39, 0.29) is 11.9 Å². The van der Waals surface area contributed by atoms with Gasteiger partial charge >= 0.3 is 0 Å². The molecular formula is C19H30N4O. The van der Waals surface area contributed by atoms with E-state index >= 15 is 0 Å². The summed E-state index contributed by atoms with van der Waals surface area (Å²) < 4.78 is 0. The number of carbonyl (C=O) groups excluding carboxylic acids is 1. The normalized spacial score (nSPS) is 26.2. The highest BCUT2D eigenvalue weighted by Crippen LogP contribution is 2.17. The molecule has 3 rings (SSSR count). The Morgan fingerprint density at radius 1 is 1.08 bits per heavy atom. The molecule has 24 heavy (non-hydrogen) atoms. The molecule has 1 saturated heterocycles. The molecule has 2 aliphatic rings. The van der Waals surface area contributed by atoms with Crippen LogP contribution in [-0.2, 0) is 6.54 Å². The molecule has 0 aromatic heterocycles. The van der Waals surface area contributed by atoms with Crippen molar-refractivity contribution in [2.75, 3.05) is 33.2 Å².